The maximum absolute atomic E-state index is 4.32. The van der Waals surface area contributed by atoms with Gasteiger partial charge >= 0.3 is 0 Å². The van der Waals surface area contributed by atoms with Crippen LogP contribution in [0.15, 0.2) is 31.0 Å². The van der Waals surface area contributed by atoms with Crippen LogP contribution in [0.3, 0.4) is 0 Å². The van der Waals surface area contributed by atoms with Gasteiger partial charge in [-0.1, -0.05) is 13.8 Å². The number of nitrogens with one attached hydrogen (secondary N) is 1. The summed E-state index contributed by atoms with van der Waals surface area (Å²) in [6, 6.07) is 3.42. The molecule has 1 aliphatic rings. The lowest BCUT2D eigenvalue weighted by molar-refractivity contribution is 0.517. The van der Waals surface area contributed by atoms with E-state index in [0.29, 0.717) is 12.1 Å². The minimum absolute atomic E-state index is 0.472. The Hall–Kier alpha value is -1.55. The van der Waals surface area contributed by atoms with Crippen LogP contribution in [0.1, 0.15) is 62.9 Å². The number of nitrogens with zero attached hydrogens (tertiary/aromatic N) is 3. The molecule has 0 spiro atoms. The SMILES string of the molecule is CCCNC(CC)c1ccn(Cc2cncn2C2CC2)c1. The molecule has 0 amide bonds. The fourth-order valence-electron chi connectivity index (χ4n) is 2.90. The molecule has 1 atom stereocenters. The molecule has 1 unspecified atom stereocenters. The van der Waals surface area contributed by atoms with Crippen molar-refractivity contribution in [2.45, 2.75) is 58.2 Å². The Morgan fingerprint density at radius 3 is 2.95 bits per heavy atom. The Morgan fingerprint density at radius 1 is 1.38 bits per heavy atom. The van der Waals surface area contributed by atoms with Gasteiger partial charge in [0.2, 0.25) is 0 Å². The normalized spacial score (nSPS) is 16.3. The molecule has 3 rings (SSSR count). The van der Waals surface area contributed by atoms with Crippen LogP contribution in [0.25, 0.3) is 0 Å². The molecule has 0 aromatic carbocycles. The summed E-state index contributed by atoms with van der Waals surface area (Å²) in [5.74, 6) is 0. The topological polar surface area (TPSA) is 34.8 Å². The van der Waals surface area contributed by atoms with Crippen molar-refractivity contribution in [1.82, 2.24) is 19.4 Å². The van der Waals surface area contributed by atoms with Crippen LogP contribution in [0.4, 0.5) is 0 Å². The van der Waals surface area contributed by atoms with Gasteiger partial charge in [0.25, 0.3) is 0 Å². The number of imidazole rings is 1. The molecule has 2 aromatic rings. The minimum Gasteiger partial charge on any atom is -0.348 e. The molecule has 4 nitrogen and oxygen atoms in total. The first-order chi connectivity index (χ1) is 10.3. The fourth-order valence-corrected chi connectivity index (χ4v) is 2.90. The molecule has 0 aliphatic heterocycles. The van der Waals surface area contributed by atoms with Crippen molar-refractivity contribution < 1.29 is 0 Å². The summed E-state index contributed by atoms with van der Waals surface area (Å²) in [6.07, 6.45) is 13.4. The average molecular weight is 286 g/mol. The lowest BCUT2D eigenvalue weighted by atomic mass is 10.1. The van der Waals surface area contributed by atoms with Gasteiger partial charge in [-0.2, -0.15) is 0 Å². The van der Waals surface area contributed by atoms with Crippen LogP contribution in [-0.4, -0.2) is 20.7 Å². The van der Waals surface area contributed by atoms with Crippen LogP contribution in [-0.2, 0) is 6.54 Å². The van der Waals surface area contributed by atoms with Crippen molar-refractivity contribution in [3.05, 3.63) is 42.2 Å². The van der Waals surface area contributed by atoms with Gasteiger partial charge in [-0.05, 0) is 43.9 Å². The van der Waals surface area contributed by atoms with Gasteiger partial charge in [-0.25, -0.2) is 4.98 Å². The molecule has 1 saturated carbocycles. The zero-order valence-corrected chi connectivity index (χ0v) is 13.1. The average Bonchev–Trinajstić information content (AvgIpc) is 3.06. The van der Waals surface area contributed by atoms with Gasteiger partial charge < -0.3 is 14.5 Å². The summed E-state index contributed by atoms with van der Waals surface area (Å²) in [5.41, 5.74) is 2.71. The Kier molecular flexibility index (Phi) is 4.44. The summed E-state index contributed by atoms with van der Waals surface area (Å²) in [5, 5.41) is 3.62. The number of aromatic nitrogens is 3. The molecule has 1 fully saturated rings. The van der Waals surface area contributed by atoms with Crippen molar-refractivity contribution in [2.24, 2.45) is 0 Å². The van der Waals surface area contributed by atoms with Gasteiger partial charge in [-0.15, -0.1) is 0 Å². The first-order valence-corrected chi connectivity index (χ1v) is 8.21. The maximum Gasteiger partial charge on any atom is 0.0951 e. The second-order valence-electron chi connectivity index (χ2n) is 6.06. The van der Waals surface area contributed by atoms with Gasteiger partial charge in [0.15, 0.2) is 0 Å². The number of hydrogen-bond acceptors (Lipinski definition) is 2. The molecule has 114 valence electrons. The Labute approximate surface area is 127 Å². The minimum atomic E-state index is 0.472. The van der Waals surface area contributed by atoms with Crippen molar-refractivity contribution >= 4 is 0 Å². The first-order valence-electron chi connectivity index (χ1n) is 8.21. The highest BCUT2D eigenvalue weighted by atomic mass is 15.1. The monoisotopic (exact) mass is 286 g/mol. The smallest absolute Gasteiger partial charge is 0.0951 e. The third-order valence-electron chi connectivity index (χ3n) is 4.26. The van der Waals surface area contributed by atoms with Gasteiger partial charge in [0, 0.05) is 30.7 Å². The molecule has 0 bridgehead atoms. The van der Waals surface area contributed by atoms with Crippen LogP contribution >= 0.6 is 0 Å². The number of rotatable bonds is 8. The van der Waals surface area contributed by atoms with Crippen molar-refractivity contribution in [3.8, 4) is 0 Å². The van der Waals surface area contributed by atoms with E-state index in [2.05, 4.69) is 51.7 Å². The van der Waals surface area contributed by atoms with E-state index in [0.717, 1.165) is 19.5 Å². The van der Waals surface area contributed by atoms with Crippen molar-refractivity contribution in [3.63, 3.8) is 0 Å². The van der Waals surface area contributed by atoms with E-state index in [9.17, 15) is 0 Å². The van der Waals surface area contributed by atoms with E-state index in [1.165, 1.54) is 30.5 Å². The highest BCUT2D eigenvalue weighted by Crippen LogP contribution is 2.35. The van der Waals surface area contributed by atoms with Crippen molar-refractivity contribution in [2.75, 3.05) is 6.54 Å². The van der Waals surface area contributed by atoms with E-state index >= 15 is 0 Å². The Bertz CT molecular complexity index is 565. The molecule has 21 heavy (non-hydrogen) atoms. The van der Waals surface area contributed by atoms with E-state index in [-0.39, 0.29) is 0 Å². The summed E-state index contributed by atoms with van der Waals surface area (Å²) in [4.78, 5) is 4.32. The van der Waals surface area contributed by atoms with E-state index in [1.807, 2.05) is 12.5 Å². The Morgan fingerprint density at radius 2 is 2.24 bits per heavy atom. The lowest BCUT2D eigenvalue weighted by Crippen LogP contribution is -2.21. The zero-order valence-electron chi connectivity index (χ0n) is 13.1. The molecular formula is C17H26N4. The molecular weight excluding hydrogens is 260 g/mol. The molecule has 1 N–H and O–H groups in total. The molecule has 2 aromatic heterocycles. The highest BCUT2D eigenvalue weighted by Gasteiger charge is 2.25. The predicted octanol–water partition coefficient (Wildman–Crippen LogP) is 3.52. The summed E-state index contributed by atoms with van der Waals surface area (Å²) in [6.45, 7) is 6.45. The highest BCUT2D eigenvalue weighted by molar-refractivity contribution is 5.17. The van der Waals surface area contributed by atoms with Gasteiger partial charge in [0.1, 0.15) is 0 Å². The van der Waals surface area contributed by atoms with Crippen LogP contribution in [0.2, 0.25) is 0 Å². The van der Waals surface area contributed by atoms with E-state index < -0.39 is 0 Å². The second-order valence-corrected chi connectivity index (χ2v) is 6.06. The molecule has 2 heterocycles. The van der Waals surface area contributed by atoms with Crippen molar-refractivity contribution in [1.29, 1.82) is 0 Å². The third kappa shape index (κ3) is 3.38. The van der Waals surface area contributed by atoms with Crippen LogP contribution in [0.5, 0.6) is 0 Å². The molecule has 0 radical (unpaired) electrons. The summed E-state index contributed by atoms with van der Waals surface area (Å²) >= 11 is 0. The quantitative estimate of drug-likeness (QED) is 0.806. The third-order valence-corrected chi connectivity index (χ3v) is 4.26. The maximum atomic E-state index is 4.32. The first kappa shape index (κ1) is 14.4. The van der Waals surface area contributed by atoms with Crippen LogP contribution < -0.4 is 5.32 Å². The standard InChI is InChI=1S/C17H26N4/c1-3-8-19-17(4-2)14-7-9-20(11-14)12-16-10-18-13-21(16)15-5-6-15/h7,9-11,13,15,17,19H,3-6,8,12H2,1-2H3. The molecule has 4 heteroatoms. The largest absolute Gasteiger partial charge is 0.348 e. The number of hydrogen-bond donors (Lipinski definition) is 1. The molecule has 1 aliphatic carbocycles. The van der Waals surface area contributed by atoms with Gasteiger partial charge in [0.05, 0.1) is 18.6 Å². The van der Waals surface area contributed by atoms with E-state index in [1.54, 1.807) is 0 Å². The fraction of sp³-hybridized carbons (Fsp3) is 0.588. The summed E-state index contributed by atoms with van der Waals surface area (Å²) in [7, 11) is 0. The summed E-state index contributed by atoms with van der Waals surface area (Å²) < 4.78 is 4.62. The van der Waals surface area contributed by atoms with Crippen LogP contribution in [0, 0.1) is 0 Å². The van der Waals surface area contributed by atoms with Gasteiger partial charge in [-0.3, -0.25) is 0 Å². The second kappa shape index (κ2) is 6.48. The molecule has 0 saturated heterocycles. The predicted molar refractivity (Wildman–Crippen MR) is 85.4 cm³/mol. The van der Waals surface area contributed by atoms with E-state index in [4.69, 9.17) is 0 Å². The lowest BCUT2D eigenvalue weighted by Gasteiger charge is -2.15. The zero-order chi connectivity index (χ0) is 14.7. The Balaban J connectivity index is 1.67.